The quantitative estimate of drug-likeness (QED) is 0.646. The van der Waals surface area contributed by atoms with Crippen LogP contribution in [-0.2, 0) is 23.0 Å². The van der Waals surface area contributed by atoms with E-state index in [1.54, 1.807) is 12.5 Å². The number of aromatic amines is 1. The zero-order valence-electron chi connectivity index (χ0n) is 11.5. The largest absolute Gasteiger partial charge is 0.452 e. The topological polar surface area (TPSA) is 100 Å². The number of sulfonamides is 1. The Morgan fingerprint density at radius 1 is 1.48 bits per heavy atom. The number of nitrogens with one attached hydrogen (secondary N) is 3. The molecule has 0 saturated heterocycles. The average Bonchev–Trinajstić information content (AvgIpc) is 3.06. The van der Waals surface area contributed by atoms with Crippen LogP contribution in [0.1, 0.15) is 18.4 Å². The fourth-order valence-electron chi connectivity index (χ4n) is 1.74. The summed E-state index contributed by atoms with van der Waals surface area (Å²) in [4.78, 5) is 6.91. The van der Waals surface area contributed by atoms with Crippen LogP contribution in [0.3, 0.4) is 0 Å². The fraction of sp³-hybridized carbons (Fsp3) is 0.417. The maximum absolute atomic E-state index is 12.2. The van der Waals surface area contributed by atoms with Gasteiger partial charge in [0, 0.05) is 30.9 Å². The maximum atomic E-state index is 12.2. The molecule has 0 aliphatic carbocycles. The van der Waals surface area contributed by atoms with Gasteiger partial charge in [0.1, 0.15) is 10.7 Å². The molecule has 116 valence electrons. The molecule has 0 spiro atoms. The van der Waals surface area contributed by atoms with Gasteiger partial charge in [0.05, 0.1) is 12.9 Å². The second kappa shape index (κ2) is 7.21. The molecule has 0 aromatic carbocycles. The molecule has 7 nitrogen and oxygen atoms in total. The Hall–Kier alpha value is -1.16. The van der Waals surface area contributed by atoms with Crippen molar-refractivity contribution in [3.05, 3.63) is 34.7 Å². The van der Waals surface area contributed by atoms with Crippen molar-refractivity contribution in [2.45, 2.75) is 24.8 Å². The first-order chi connectivity index (χ1) is 10.0. The lowest BCUT2D eigenvalue weighted by Crippen LogP contribution is -2.26. The van der Waals surface area contributed by atoms with Crippen molar-refractivity contribution in [2.24, 2.45) is 0 Å². The highest BCUT2D eigenvalue weighted by molar-refractivity contribution is 9.10. The zero-order chi connectivity index (χ0) is 15.3. The Kier molecular flexibility index (Phi) is 5.57. The van der Waals surface area contributed by atoms with Crippen LogP contribution in [0.5, 0.6) is 0 Å². The Balaban J connectivity index is 1.99. The first-order valence-corrected chi connectivity index (χ1v) is 8.76. The van der Waals surface area contributed by atoms with Gasteiger partial charge < -0.3 is 14.7 Å². The van der Waals surface area contributed by atoms with E-state index < -0.39 is 10.0 Å². The fourth-order valence-corrected chi connectivity index (χ4v) is 3.76. The molecule has 21 heavy (non-hydrogen) atoms. The molecule has 0 bridgehead atoms. The average molecular weight is 377 g/mol. The Labute approximate surface area is 131 Å². The molecule has 0 fully saturated rings. The summed E-state index contributed by atoms with van der Waals surface area (Å²) in [5.74, 6) is 0.567. The molecule has 2 rings (SSSR count). The number of rotatable bonds is 8. The molecule has 0 amide bonds. The molecule has 2 heterocycles. The zero-order valence-corrected chi connectivity index (χ0v) is 13.9. The van der Waals surface area contributed by atoms with E-state index in [1.165, 1.54) is 6.07 Å². The molecule has 9 heteroatoms. The predicted octanol–water partition coefficient (Wildman–Crippen LogP) is 1.40. The van der Waals surface area contributed by atoms with E-state index in [2.05, 4.69) is 35.9 Å². The second-order valence-corrected chi connectivity index (χ2v) is 6.81. The SMILES string of the molecule is CCNCc1cc(S(=O)(=O)NCCc2cnc[nH]2)c(Br)o1. The van der Waals surface area contributed by atoms with Crippen molar-refractivity contribution in [2.75, 3.05) is 13.1 Å². The van der Waals surface area contributed by atoms with E-state index in [4.69, 9.17) is 4.42 Å². The van der Waals surface area contributed by atoms with E-state index in [0.717, 1.165) is 12.2 Å². The highest BCUT2D eigenvalue weighted by Gasteiger charge is 2.22. The van der Waals surface area contributed by atoms with Gasteiger partial charge in [-0.3, -0.25) is 0 Å². The predicted molar refractivity (Wildman–Crippen MR) is 81.3 cm³/mol. The van der Waals surface area contributed by atoms with Gasteiger partial charge in [0.2, 0.25) is 10.0 Å². The minimum Gasteiger partial charge on any atom is -0.452 e. The van der Waals surface area contributed by atoms with E-state index in [1.807, 2.05) is 6.92 Å². The molecule has 0 radical (unpaired) electrons. The second-order valence-electron chi connectivity index (χ2n) is 4.36. The molecule has 2 aromatic rings. The van der Waals surface area contributed by atoms with Gasteiger partial charge >= 0.3 is 0 Å². The van der Waals surface area contributed by atoms with Crippen LogP contribution >= 0.6 is 15.9 Å². The lowest BCUT2D eigenvalue weighted by Gasteiger charge is -2.03. The number of hydrogen-bond acceptors (Lipinski definition) is 5. The number of aromatic nitrogens is 2. The number of hydrogen-bond donors (Lipinski definition) is 3. The molecule has 0 unspecified atom stereocenters. The van der Waals surface area contributed by atoms with Crippen molar-refractivity contribution in [3.63, 3.8) is 0 Å². The molecule has 0 aliphatic heterocycles. The Morgan fingerprint density at radius 3 is 2.95 bits per heavy atom. The van der Waals surface area contributed by atoms with E-state index >= 15 is 0 Å². The monoisotopic (exact) mass is 376 g/mol. The van der Waals surface area contributed by atoms with Crippen molar-refractivity contribution in [1.29, 1.82) is 0 Å². The molecular weight excluding hydrogens is 360 g/mol. The molecule has 0 atom stereocenters. The van der Waals surface area contributed by atoms with E-state index in [-0.39, 0.29) is 16.1 Å². The first kappa shape index (κ1) is 16.2. The van der Waals surface area contributed by atoms with Crippen molar-refractivity contribution in [3.8, 4) is 0 Å². The summed E-state index contributed by atoms with van der Waals surface area (Å²) in [7, 11) is -3.60. The van der Waals surface area contributed by atoms with Crippen LogP contribution in [0.4, 0.5) is 0 Å². The standard InChI is InChI=1S/C12H17BrN4O3S/c1-2-14-7-10-5-11(12(13)20-10)21(18,19)17-4-3-9-6-15-8-16-9/h5-6,8,14,17H,2-4,7H2,1H3,(H,15,16). The summed E-state index contributed by atoms with van der Waals surface area (Å²) < 4.78 is 32.6. The third-order valence-corrected chi connectivity index (χ3v) is 5.10. The summed E-state index contributed by atoms with van der Waals surface area (Å²) in [6.45, 7) is 3.51. The summed E-state index contributed by atoms with van der Waals surface area (Å²) in [5, 5.41) is 3.08. The van der Waals surface area contributed by atoms with Gasteiger partial charge in [-0.15, -0.1) is 0 Å². The number of furan rings is 1. The minimum atomic E-state index is -3.60. The van der Waals surface area contributed by atoms with E-state index in [0.29, 0.717) is 18.7 Å². The number of imidazole rings is 1. The van der Waals surface area contributed by atoms with Crippen LogP contribution in [0.25, 0.3) is 0 Å². The van der Waals surface area contributed by atoms with Gasteiger partial charge in [-0.25, -0.2) is 18.1 Å². The van der Waals surface area contributed by atoms with Gasteiger partial charge in [-0.1, -0.05) is 6.92 Å². The normalized spacial score (nSPS) is 11.9. The van der Waals surface area contributed by atoms with Crippen LogP contribution in [0.2, 0.25) is 0 Å². The maximum Gasteiger partial charge on any atom is 0.244 e. The minimum absolute atomic E-state index is 0.111. The smallest absolute Gasteiger partial charge is 0.244 e. The van der Waals surface area contributed by atoms with Crippen molar-refractivity contribution < 1.29 is 12.8 Å². The van der Waals surface area contributed by atoms with Gasteiger partial charge in [-0.2, -0.15) is 0 Å². The van der Waals surface area contributed by atoms with Gasteiger partial charge in [0.25, 0.3) is 0 Å². The molecule has 3 N–H and O–H groups in total. The van der Waals surface area contributed by atoms with Gasteiger partial charge in [-0.05, 0) is 22.5 Å². The first-order valence-electron chi connectivity index (χ1n) is 6.48. The summed E-state index contributed by atoms with van der Waals surface area (Å²) in [6, 6.07) is 1.52. The van der Waals surface area contributed by atoms with Crippen molar-refractivity contribution >= 4 is 26.0 Å². The molecule has 0 saturated carbocycles. The highest BCUT2D eigenvalue weighted by Crippen LogP contribution is 2.25. The summed E-state index contributed by atoms with van der Waals surface area (Å²) >= 11 is 3.15. The van der Waals surface area contributed by atoms with E-state index in [9.17, 15) is 8.42 Å². The highest BCUT2D eigenvalue weighted by atomic mass is 79.9. The van der Waals surface area contributed by atoms with Crippen LogP contribution in [-0.4, -0.2) is 31.5 Å². The number of halogens is 1. The lowest BCUT2D eigenvalue weighted by atomic mass is 10.3. The Bertz CT molecular complexity index is 667. The van der Waals surface area contributed by atoms with Gasteiger partial charge in [0.15, 0.2) is 4.67 Å². The number of H-pyrrole nitrogens is 1. The van der Waals surface area contributed by atoms with Crippen LogP contribution in [0, 0.1) is 0 Å². The molecule has 0 aliphatic rings. The third-order valence-electron chi connectivity index (χ3n) is 2.79. The van der Waals surface area contributed by atoms with Crippen LogP contribution < -0.4 is 10.0 Å². The molecule has 2 aromatic heterocycles. The Morgan fingerprint density at radius 2 is 2.29 bits per heavy atom. The number of nitrogens with zero attached hydrogens (tertiary/aromatic N) is 1. The third kappa shape index (κ3) is 4.40. The van der Waals surface area contributed by atoms with Crippen molar-refractivity contribution in [1.82, 2.24) is 20.0 Å². The summed E-state index contributed by atoms with van der Waals surface area (Å²) in [6.07, 6.45) is 3.76. The lowest BCUT2D eigenvalue weighted by molar-refractivity contribution is 0.464. The molecular formula is C12H17BrN4O3S. The van der Waals surface area contributed by atoms with Crippen LogP contribution in [0.15, 0.2) is 32.6 Å². The summed E-state index contributed by atoms with van der Waals surface area (Å²) in [5.41, 5.74) is 0.872.